The Hall–Kier alpha value is -2.13. The van der Waals surface area contributed by atoms with E-state index in [1.165, 1.54) is 31.4 Å². The molecule has 0 fully saturated rings. The van der Waals surface area contributed by atoms with Crippen LogP contribution in [0.15, 0.2) is 29.2 Å². The second kappa shape index (κ2) is 7.04. The number of benzene rings is 1. The van der Waals surface area contributed by atoms with Crippen LogP contribution in [-0.2, 0) is 19.6 Å². The molecular formula is C12H15NO7S. The van der Waals surface area contributed by atoms with Gasteiger partial charge in [-0.2, -0.15) is 4.72 Å². The van der Waals surface area contributed by atoms with Gasteiger partial charge in [0.2, 0.25) is 10.0 Å². The number of carboxylic acid groups (broad SMARTS) is 2. The molecule has 3 N–H and O–H groups in total. The molecule has 21 heavy (non-hydrogen) atoms. The summed E-state index contributed by atoms with van der Waals surface area (Å²) in [5, 5.41) is 17.5. The van der Waals surface area contributed by atoms with E-state index in [2.05, 4.69) is 0 Å². The lowest BCUT2D eigenvalue weighted by Crippen LogP contribution is -2.41. The molecule has 0 amide bonds. The average Bonchev–Trinajstić information content (AvgIpc) is 2.43. The summed E-state index contributed by atoms with van der Waals surface area (Å²) < 4.78 is 30.9. The number of nitrogens with one attached hydrogen (secondary N) is 1. The van der Waals surface area contributed by atoms with Gasteiger partial charge in [0.05, 0.1) is 12.0 Å². The molecule has 116 valence electrons. The van der Waals surface area contributed by atoms with Crippen LogP contribution < -0.4 is 9.46 Å². The topological polar surface area (TPSA) is 130 Å². The van der Waals surface area contributed by atoms with Gasteiger partial charge in [-0.3, -0.25) is 9.59 Å². The molecule has 1 atom stereocenters. The van der Waals surface area contributed by atoms with E-state index >= 15 is 0 Å². The fraction of sp³-hybridized carbons (Fsp3) is 0.333. The Bertz CT molecular complexity index is 609. The monoisotopic (exact) mass is 317 g/mol. The van der Waals surface area contributed by atoms with Crippen LogP contribution in [-0.4, -0.2) is 43.7 Å². The van der Waals surface area contributed by atoms with Gasteiger partial charge in [-0.05, 0) is 30.7 Å². The smallest absolute Gasteiger partial charge is 0.321 e. The molecule has 0 saturated carbocycles. The van der Waals surface area contributed by atoms with E-state index in [-0.39, 0.29) is 11.3 Å². The van der Waals surface area contributed by atoms with Gasteiger partial charge in [-0.1, -0.05) is 0 Å². The lowest BCUT2D eigenvalue weighted by molar-refractivity contribution is -0.140. The van der Waals surface area contributed by atoms with Crippen molar-refractivity contribution >= 4 is 22.0 Å². The van der Waals surface area contributed by atoms with Crippen molar-refractivity contribution in [3.05, 3.63) is 24.3 Å². The molecule has 1 aromatic carbocycles. The maximum absolute atomic E-state index is 12.0. The van der Waals surface area contributed by atoms with E-state index < -0.39 is 34.4 Å². The zero-order chi connectivity index (χ0) is 16.0. The Labute approximate surface area is 121 Å². The highest BCUT2D eigenvalue weighted by Gasteiger charge is 2.25. The highest BCUT2D eigenvalue weighted by Crippen LogP contribution is 2.16. The fourth-order valence-electron chi connectivity index (χ4n) is 1.51. The summed E-state index contributed by atoms with van der Waals surface area (Å²) >= 11 is 0. The minimum absolute atomic E-state index is 0.134. The fourth-order valence-corrected chi connectivity index (χ4v) is 2.73. The Morgan fingerprint density at radius 2 is 1.81 bits per heavy atom. The molecule has 1 unspecified atom stereocenters. The molecule has 0 radical (unpaired) electrons. The maximum atomic E-state index is 12.0. The van der Waals surface area contributed by atoms with E-state index in [0.29, 0.717) is 5.75 Å². The van der Waals surface area contributed by atoms with Crippen molar-refractivity contribution in [2.45, 2.75) is 23.8 Å². The van der Waals surface area contributed by atoms with Crippen LogP contribution >= 0.6 is 0 Å². The first-order valence-electron chi connectivity index (χ1n) is 5.87. The minimum atomic E-state index is -4.06. The van der Waals surface area contributed by atoms with Crippen LogP contribution in [0.3, 0.4) is 0 Å². The van der Waals surface area contributed by atoms with Gasteiger partial charge in [-0.25, -0.2) is 8.42 Å². The highest BCUT2D eigenvalue weighted by molar-refractivity contribution is 7.89. The Kier molecular flexibility index (Phi) is 5.68. The lowest BCUT2D eigenvalue weighted by atomic mass is 10.2. The Balaban J connectivity index is 2.89. The summed E-state index contributed by atoms with van der Waals surface area (Å²) in [6.07, 6.45) is -0.803. The Morgan fingerprint density at radius 3 is 2.24 bits per heavy atom. The van der Waals surface area contributed by atoms with Gasteiger partial charge in [0.1, 0.15) is 11.8 Å². The van der Waals surface area contributed by atoms with Crippen molar-refractivity contribution in [3.63, 3.8) is 0 Å². The van der Waals surface area contributed by atoms with Crippen molar-refractivity contribution < 1.29 is 33.0 Å². The summed E-state index contributed by atoms with van der Waals surface area (Å²) in [4.78, 5) is 21.3. The molecule has 0 spiro atoms. The second-order valence-electron chi connectivity index (χ2n) is 4.12. The number of sulfonamides is 1. The van der Waals surface area contributed by atoms with Crippen molar-refractivity contribution in [1.82, 2.24) is 4.72 Å². The van der Waals surface area contributed by atoms with Gasteiger partial charge in [0.25, 0.3) is 0 Å². The van der Waals surface area contributed by atoms with E-state index in [0.717, 1.165) is 0 Å². The Morgan fingerprint density at radius 1 is 1.24 bits per heavy atom. The van der Waals surface area contributed by atoms with Crippen LogP contribution in [0.2, 0.25) is 0 Å². The molecule has 0 aromatic heterocycles. The summed E-state index contributed by atoms with van der Waals surface area (Å²) in [6, 6.07) is 3.85. The van der Waals surface area contributed by atoms with Crippen molar-refractivity contribution in [1.29, 1.82) is 0 Å². The third kappa shape index (κ3) is 5.04. The van der Waals surface area contributed by atoms with Crippen molar-refractivity contribution in [2.75, 3.05) is 7.11 Å². The number of carbonyl (C=O) groups is 2. The molecule has 0 bridgehead atoms. The third-order valence-electron chi connectivity index (χ3n) is 2.61. The first-order valence-corrected chi connectivity index (χ1v) is 7.35. The normalized spacial score (nSPS) is 12.6. The molecular weight excluding hydrogens is 302 g/mol. The van der Waals surface area contributed by atoms with Crippen molar-refractivity contribution in [3.8, 4) is 5.75 Å². The van der Waals surface area contributed by atoms with Crippen LogP contribution in [0.5, 0.6) is 5.75 Å². The summed E-state index contributed by atoms with van der Waals surface area (Å²) in [5.41, 5.74) is 0. The maximum Gasteiger partial charge on any atom is 0.321 e. The van der Waals surface area contributed by atoms with E-state index in [1.54, 1.807) is 0 Å². The van der Waals surface area contributed by atoms with Gasteiger partial charge in [0.15, 0.2) is 0 Å². The number of methoxy groups -OCH3 is 1. The largest absolute Gasteiger partial charge is 0.497 e. The summed E-state index contributed by atoms with van der Waals surface area (Å²) in [5.74, 6) is -2.19. The summed E-state index contributed by atoms with van der Waals surface area (Å²) in [7, 11) is -2.63. The van der Waals surface area contributed by atoms with Gasteiger partial charge in [-0.15, -0.1) is 0 Å². The third-order valence-corrected chi connectivity index (χ3v) is 4.10. The molecule has 8 nitrogen and oxygen atoms in total. The van der Waals surface area contributed by atoms with E-state index in [1.807, 2.05) is 4.72 Å². The quantitative estimate of drug-likeness (QED) is 0.628. The lowest BCUT2D eigenvalue weighted by Gasteiger charge is -2.14. The molecule has 0 aliphatic rings. The van der Waals surface area contributed by atoms with Crippen molar-refractivity contribution in [2.24, 2.45) is 0 Å². The predicted molar refractivity (Wildman–Crippen MR) is 71.6 cm³/mol. The van der Waals surface area contributed by atoms with Crippen LogP contribution in [0.4, 0.5) is 0 Å². The number of carboxylic acids is 2. The number of ether oxygens (including phenoxy) is 1. The number of hydrogen-bond acceptors (Lipinski definition) is 5. The molecule has 1 rings (SSSR count). The van der Waals surface area contributed by atoms with Crippen LogP contribution in [0.1, 0.15) is 12.8 Å². The molecule has 0 aliphatic heterocycles. The van der Waals surface area contributed by atoms with Crippen LogP contribution in [0, 0.1) is 0 Å². The number of rotatable bonds is 8. The zero-order valence-corrected chi connectivity index (χ0v) is 12.0. The second-order valence-corrected chi connectivity index (χ2v) is 5.83. The summed E-state index contributed by atoms with van der Waals surface area (Å²) in [6.45, 7) is 0. The number of aliphatic carboxylic acids is 2. The first-order chi connectivity index (χ1) is 9.76. The molecule has 1 aromatic rings. The molecule has 0 heterocycles. The van der Waals surface area contributed by atoms with E-state index in [4.69, 9.17) is 14.9 Å². The SMILES string of the molecule is COc1ccc(S(=O)(=O)NC(CCC(=O)O)C(=O)O)cc1. The van der Waals surface area contributed by atoms with Gasteiger partial charge in [0, 0.05) is 6.42 Å². The first kappa shape index (κ1) is 16.9. The molecule has 0 saturated heterocycles. The number of hydrogen-bond donors (Lipinski definition) is 3. The predicted octanol–water partition coefficient (Wildman–Crippen LogP) is 0.292. The van der Waals surface area contributed by atoms with Crippen LogP contribution in [0.25, 0.3) is 0 Å². The molecule has 0 aliphatic carbocycles. The average molecular weight is 317 g/mol. The zero-order valence-electron chi connectivity index (χ0n) is 11.1. The standard InChI is InChI=1S/C12H15NO7S/c1-20-8-2-4-9(5-3-8)21(18,19)13-10(12(16)17)6-7-11(14)15/h2-5,10,13H,6-7H2,1H3,(H,14,15)(H,16,17). The highest BCUT2D eigenvalue weighted by atomic mass is 32.2. The van der Waals surface area contributed by atoms with Gasteiger partial charge >= 0.3 is 11.9 Å². The minimum Gasteiger partial charge on any atom is -0.497 e. The van der Waals surface area contributed by atoms with Gasteiger partial charge < -0.3 is 14.9 Å². The van der Waals surface area contributed by atoms with E-state index in [9.17, 15) is 18.0 Å². The molecule has 9 heteroatoms.